The fourth-order valence-corrected chi connectivity index (χ4v) is 5.35. The Morgan fingerprint density at radius 1 is 1.18 bits per heavy atom. The van der Waals surface area contributed by atoms with Crippen molar-refractivity contribution in [1.29, 1.82) is 0 Å². The normalized spacial score (nSPS) is 22.8. The maximum atomic E-state index is 13.0. The van der Waals surface area contributed by atoms with Gasteiger partial charge in [0.1, 0.15) is 5.75 Å². The summed E-state index contributed by atoms with van der Waals surface area (Å²) in [6, 6.07) is 4.76. The number of halogens is 1. The largest absolute Gasteiger partial charge is 0.495 e. The first-order valence-corrected chi connectivity index (χ1v) is 10.9. The number of piperazine rings is 1. The lowest BCUT2D eigenvalue weighted by molar-refractivity contribution is 0.267. The first-order chi connectivity index (χ1) is 13.4. The van der Waals surface area contributed by atoms with Gasteiger partial charge in [0.15, 0.2) is 11.7 Å². The van der Waals surface area contributed by atoms with E-state index < -0.39 is 10.0 Å². The minimum atomic E-state index is -3.62. The number of sulfonamides is 1. The predicted octanol–water partition coefficient (Wildman–Crippen LogP) is 1.64. The van der Waals surface area contributed by atoms with Crippen LogP contribution in [0, 0.1) is 0 Å². The third-order valence-corrected chi connectivity index (χ3v) is 7.21. The van der Waals surface area contributed by atoms with Gasteiger partial charge in [-0.15, -0.1) is 0 Å². The van der Waals surface area contributed by atoms with Crippen LogP contribution in [-0.4, -0.2) is 80.1 Å². The molecule has 1 unspecified atom stereocenters. The molecule has 1 atom stereocenters. The average molecular weight is 424 g/mol. The minimum absolute atomic E-state index is 0.171. The fraction of sp³-hybridized carbons (Fsp3) is 0.444. The molecule has 0 aromatic heterocycles. The van der Waals surface area contributed by atoms with Crippen molar-refractivity contribution in [1.82, 2.24) is 14.1 Å². The number of rotatable bonds is 3. The minimum Gasteiger partial charge on any atom is -0.495 e. The van der Waals surface area contributed by atoms with Crippen LogP contribution < -0.4 is 4.74 Å². The SMILES string of the molecule is COc1ccc(S(=O)(=O)N2CCN(C3=NC=CN4CC(C)N=C34)CC2)cc1Cl. The van der Waals surface area contributed by atoms with E-state index in [0.29, 0.717) is 31.9 Å². The number of aliphatic imine (C=N–C) groups is 2. The fourth-order valence-electron chi connectivity index (χ4n) is 3.57. The van der Waals surface area contributed by atoms with Gasteiger partial charge in [-0.05, 0) is 25.1 Å². The van der Waals surface area contributed by atoms with Crippen LogP contribution in [0.1, 0.15) is 6.92 Å². The summed E-state index contributed by atoms with van der Waals surface area (Å²) in [4.78, 5) is 13.5. The Labute approximate surface area is 169 Å². The molecule has 1 fully saturated rings. The molecule has 0 saturated carbocycles. The average Bonchev–Trinajstić information content (AvgIpc) is 3.08. The van der Waals surface area contributed by atoms with Gasteiger partial charge < -0.3 is 14.5 Å². The van der Waals surface area contributed by atoms with Crippen LogP contribution >= 0.6 is 11.6 Å². The first kappa shape index (κ1) is 19.2. The predicted molar refractivity (Wildman–Crippen MR) is 109 cm³/mol. The number of methoxy groups -OCH3 is 1. The third-order valence-electron chi connectivity index (χ3n) is 5.02. The summed E-state index contributed by atoms with van der Waals surface area (Å²) in [5, 5.41) is 0.277. The molecule has 0 bridgehead atoms. The molecular formula is C18H22ClN5O3S. The second-order valence-corrected chi connectivity index (χ2v) is 9.24. The zero-order valence-electron chi connectivity index (χ0n) is 15.7. The molecule has 0 aliphatic carbocycles. The van der Waals surface area contributed by atoms with Crippen LogP contribution in [0.15, 0.2) is 45.5 Å². The van der Waals surface area contributed by atoms with Gasteiger partial charge in [0.05, 0.1) is 23.1 Å². The molecule has 0 amide bonds. The summed E-state index contributed by atoms with van der Waals surface area (Å²) in [5.41, 5.74) is 0. The lowest BCUT2D eigenvalue weighted by atomic mass is 10.3. The molecule has 0 spiro atoms. The third kappa shape index (κ3) is 3.38. The topological polar surface area (TPSA) is 77.8 Å². The van der Waals surface area contributed by atoms with Crippen molar-refractivity contribution >= 4 is 33.3 Å². The molecule has 1 aromatic rings. The number of nitrogens with zero attached hydrogens (tertiary/aromatic N) is 5. The highest BCUT2D eigenvalue weighted by Gasteiger charge is 2.34. The lowest BCUT2D eigenvalue weighted by Gasteiger charge is -2.37. The van der Waals surface area contributed by atoms with Crippen LogP contribution in [-0.2, 0) is 10.0 Å². The van der Waals surface area contributed by atoms with Crippen molar-refractivity contribution in [3.05, 3.63) is 35.6 Å². The van der Waals surface area contributed by atoms with Crippen molar-refractivity contribution in [3.63, 3.8) is 0 Å². The highest BCUT2D eigenvalue weighted by Crippen LogP contribution is 2.29. The van der Waals surface area contributed by atoms with Crippen LogP contribution in [0.5, 0.6) is 5.75 Å². The highest BCUT2D eigenvalue weighted by molar-refractivity contribution is 7.89. The molecule has 3 aliphatic rings. The summed E-state index contributed by atoms with van der Waals surface area (Å²) in [6.45, 7) is 4.77. The van der Waals surface area contributed by atoms with Crippen molar-refractivity contribution in [2.75, 3.05) is 39.8 Å². The molecule has 0 radical (unpaired) electrons. The van der Waals surface area contributed by atoms with Crippen LogP contribution in [0.3, 0.4) is 0 Å². The van der Waals surface area contributed by atoms with E-state index in [1.54, 1.807) is 12.3 Å². The molecule has 3 heterocycles. The Morgan fingerprint density at radius 2 is 1.93 bits per heavy atom. The van der Waals surface area contributed by atoms with Crippen molar-refractivity contribution in [2.24, 2.45) is 9.98 Å². The molecule has 8 nitrogen and oxygen atoms in total. The Hall–Kier alpha value is -2.10. The summed E-state index contributed by atoms with van der Waals surface area (Å²) in [5.74, 6) is 2.13. The number of ether oxygens (including phenoxy) is 1. The van der Waals surface area contributed by atoms with Gasteiger partial charge in [0, 0.05) is 45.1 Å². The van der Waals surface area contributed by atoms with Crippen LogP contribution in [0.4, 0.5) is 0 Å². The molecule has 28 heavy (non-hydrogen) atoms. The number of amidine groups is 2. The Kier molecular flexibility index (Phi) is 5.07. The van der Waals surface area contributed by atoms with Gasteiger partial charge in [0.2, 0.25) is 10.0 Å². The van der Waals surface area contributed by atoms with Crippen LogP contribution in [0.2, 0.25) is 5.02 Å². The molecule has 1 aromatic carbocycles. The van der Waals surface area contributed by atoms with Gasteiger partial charge in [-0.3, -0.25) is 4.99 Å². The zero-order chi connectivity index (χ0) is 19.9. The maximum absolute atomic E-state index is 13.0. The monoisotopic (exact) mass is 423 g/mol. The molecular weight excluding hydrogens is 402 g/mol. The van der Waals surface area contributed by atoms with Crippen LogP contribution in [0.25, 0.3) is 0 Å². The van der Waals surface area contributed by atoms with Gasteiger partial charge >= 0.3 is 0 Å². The molecule has 10 heteroatoms. The Bertz CT molecular complexity index is 967. The highest BCUT2D eigenvalue weighted by atomic mass is 35.5. The summed E-state index contributed by atoms with van der Waals surface area (Å²) >= 11 is 6.11. The first-order valence-electron chi connectivity index (χ1n) is 9.08. The number of benzene rings is 1. The standard InChI is InChI=1S/C18H22ClN5O3S/c1-13-12-23-6-5-20-17(18(23)21-13)22-7-9-24(10-8-22)28(25,26)14-3-4-16(27-2)15(19)11-14/h3-6,11,13H,7-10,12H2,1-2H3. The van der Waals surface area contributed by atoms with Crippen molar-refractivity contribution < 1.29 is 13.2 Å². The van der Waals surface area contributed by atoms with E-state index in [4.69, 9.17) is 16.3 Å². The van der Waals surface area contributed by atoms with Gasteiger partial charge in [-0.25, -0.2) is 13.4 Å². The maximum Gasteiger partial charge on any atom is 0.243 e. The quantitative estimate of drug-likeness (QED) is 0.738. The van der Waals surface area contributed by atoms with Gasteiger partial charge in [-0.1, -0.05) is 11.6 Å². The van der Waals surface area contributed by atoms with Crippen molar-refractivity contribution in [2.45, 2.75) is 17.9 Å². The summed E-state index contributed by atoms with van der Waals surface area (Å²) in [6.07, 6.45) is 3.70. The second kappa shape index (κ2) is 7.38. The molecule has 4 rings (SSSR count). The van der Waals surface area contributed by atoms with E-state index in [-0.39, 0.29) is 16.0 Å². The zero-order valence-corrected chi connectivity index (χ0v) is 17.3. The number of hydrogen-bond donors (Lipinski definition) is 0. The van der Waals surface area contributed by atoms with E-state index in [2.05, 4.69) is 26.7 Å². The van der Waals surface area contributed by atoms with E-state index in [1.165, 1.54) is 23.5 Å². The van der Waals surface area contributed by atoms with Gasteiger partial charge in [-0.2, -0.15) is 4.31 Å². The lowest BCUT2D eigenvalue weighted by Crippen LogP contribution is -2.53. The Morgan fingerprint density at radius 3 is 2.61 bits per heavy atom. The summed E-state index contributed by atoms with van der Waals surface area (Å²) in [7, 11) is -2.12. The van der Waals surface area contributed by atoms with E-state index in [1.807, 2.05) is 6.20 Å². The van der Waals surface area contributed by atoms with E-state index in [0.717, 1.165) is 18.2 Å². The number of fused-ring (bicyclic) bond motifs is 1. The number of hydrogen-bond acceptors (Lipinski definition) is 7. The molecule has 150 valence electrons. The van der Waals surface area contributed by atoms with Gasteiger partial charge in [0.25, 0.3) is 0 Å². The second-order valence-electron chi connectivity index (χ2n) is 6.89. The summed E-state index contributed by atoms with van der Waals surface area (Å²) < 4.78 is 32.5. The van der Waals surface area contributed by atoms with Crippen molar-refractivity contribution in [3.8, 4) is 5.75 Å². The van der Waals surface area contributed by atoms with E-state index >= 15 is 0 Å². The Balaban J connectivity index is 1.48. The smallest absolute Gasteiger partial charge is 0.243 e. The molecule has 1 saturated heterocycles. The van der Waals surface area contributed by atoms with E-state index in [9.17, 15) is 8.42 Å². The molecule has 3 aliphatic heterocycles. The molecule has 0 N–H and O–H groups in total.